The molecule has 8 heteroatoms. The Bertz CT molecular complexity index is 1410. The molecule has 1 aromatic carbocycles. The molecule has 10 atom stereocenters. The zero-order valence-corrected chi connectivity index (χ0v) is 27.4. The third-order valence-electron chi connectivity index (χ3n) is 13.4. The van der Waals surface area contributed by atoms with Crippen LogP contribution < -0.4 is 11.1 Å². The number of amides is 2. The molecule has 45 heavy (non-hydrogen) atoms. The summed E-state index contributed by atoms with van der Waals surface area (Å²) >= 11 is 0. The second kappa shape index (κ2) is 12.6. The van der Waals surface area contributed by atoms with Crippen LogP contribution in [0.1, 0.15) is 103 Å². The molecule has 4 aliphatic carbocycles. The number of aromatic amines is 1. The van der Waals surface area contributed by atoms with Crippen molar-refractivity contribution in [2.24, 2.45) is 52.1 Å². The van der Waals surface area contributed by atoms with Gasteiger partial charge in [0.2, 0.25) is 5.91 Å². The second-order valence-corrected chi connectivity index (χ2v) is 15.7. The number of carbonyl (C=O) groups is 3. The molecule has 0 unspecified atom stereocenters. The van der Waals surface area contributed by atoms with E-state index in [0.29, 0.717) is 41.4 Å². The number of rotatable bonds is 10. The van der Waals surface area contributed by atoms with E-state index in [9.17, 15) is 19.5 Å². The maximum atomic E-state index is 13.2. The molecule has 0 spiro atoms. The zero-order valence-electron chi connectivity index (χ0n) is 27.4. The minimum atomic E-state index is -0.899. The summed E-state index contributed by atoms with van der Waals surface area (Å²) in [6.45, 7) is 7.43. The van der Waals surface area contributed by atoms with Crippen LogP contribution >= 0.6 is 0 Å². The van der Waals surface area contributed by atoms with Crippen LogP contribution in [-0.4, -0.2) is 40.2 Å². The fourth-order valence-corrected chi connectivity index (χ4v) is 11.3. The first-order valence-corrected chi connectivity index (χ1v) is 17.5. The van der Waals surface area contributed by atoms with E-state index in [1.54, 1.807) is 0 Å². The molecule has 5 N–H and O–H groups in total. The van der Waals surface area contributed by atoms with Gasteiger partial charge < -0.3 is 25.9 Å². The number of hydrogen-bond acceptors (Lipinski definition) is 4. The fraction of sp³-hybridized carbons (Fsp3) is 0.703. The van der Waals surface area contributed by atoms with Crippen LogP contribution in [0.15, 0.2) is 30.5 Å². The van der Waals surface area contributed by atoms with Crippen LogP contribution in [0.5, 0.6) is 0 Å². The molecule has 1 aromatic heterocycles. The Kier molecular flexibility index (Phi) is 8.97. The van der Waals surface area contributed by atoms with Gasteiger partial charge in [0, 0.05) is 29.6 Å². The maximum Gasteiger partial charge on any atom is 0.404 e. The average Bonchev–Trinajstić information content (AvgIpc) is 3.56. The Balaban J connectivity index is 1.05. The highest BCUT2D eigenvalue weighted by Gasteiger charge is 2.60. The first-order valence-electron chi connectivity index (χ1n) is 17.5. The summed E-state index contributed by atoms with van der Waals surface area (Å²) in [5.41, 5.74) is 8.03. The van der Waals surface area contributed by atoms with Crippen molar-refractivity contribution in [3.8, 4) is 0 Å². The molecule has 4 fully saturated rings. The van der Waals surface area contributed by atoms with Crippen molar-refractivity contribution in [2.45, 2.75) is 116 Å². The van der Waals surface area contributed by atoms with Gasteiger partial charge in [-0.15, -0.1) is 0 Å². The number of hydrogen-bond donors (Lipinski definition) is 4. The van der Waals surface area contributed by atoms with Crippen molar-refractivity contribution in [3.63, 3.8) is 0 Å². The van der Waals surface area contributed by atoms with Gasteiger partial charge in [-0.05, 0) is 129 Å². The van der Waals surface area contributed by atoms with Gasteiger partial charge in [-0.1, -0.05) is 39.0 Å². The average molecular weight is 620 g/mol. The molecule has 6 rings (SSSR count). The van der Waals surface area contributed by atoms with Crippen molar-refractivity contribution in [3.05, 3.63) is 36.0 Å². The first-order chi connectivity index (χ1) is 21.5. The monoisotopic (exact) mass is 619 g/mol. The summed E-state index contributed by atoms with van der Waals surface area (Å²) in [4.78, 5) is 39.5. The number of aliphatic carboxylic acids is 1. The van der Waals surface area contributed by atoms with Gasteiger partial charge >= 0.3 is 12.1 Å². The molecular weight excluding hydrogens is 566 g/mol. The van der Waals surface area contributed by atoms with E-state index in [-0.39, 0.29) is 18.4 Å². The number of aromatic nitrogens is 1. The number of carboxylic acid groups (broad SMARTS) is 1. The summed E-state index contributed by atoms with van der Waals surface area (Å²) < 4.78 is 5.45. The first kappa shape index (κ1) is 31.9. The Morgan fingerprint density at radius 1 is 1.04 bits per heavy atom. The van der Waals surface area contributed by atoms with Gasteiger partial charge in [-0.3, -0.25) is 9.59 Å². The van der Waals surface area contributed by atoms with Crippen LogP contribution in [0.25, 0.3) is 10.9 Å². The van der Waals surface area contributed by atoms with E-state index in [2.05, 4.69) is 31.1 Å². The highest BCUT2D eigenvalue weighted by molar-refractivity contribution is 5.83. The SMILES string of the molecule is C[C@H](CCC(=O)N[C@H](CC(=O)O)Cc1c[nH]c2ccccc12)[C@H]1CC[C@H]2[C@@H]3CC[C@@H]4C[C@H](OC(N)=O)CC[C@]4(C)[C@H]3CC[C@]12C. The second-order valence-electron chi connectivity index (χ2n) is 15.7. The molecule has 1 heterocycles. The van der Waals surface area contributed by atoms with Crippen molar-refractivity contribution in [1.29, 1.82) is 0 Å². The number of para-hydroxylation sites is 1. The lowest BCUT2D eigenvalue weighted by atomic mass is 9.44. The van der Waals surface area contributed by atoms with Crippen LogP contribution in [0.4, 0.5) is 4.79 Å². The van der Waals surface area contributed by atoms with Crippen LogP contribution in [0.3, 0.4) is 0 Å². The summed E-state index contributed by atoms with van der Waals surface area (Å²) in [6, 6.07) is 7.54. The summed E-state index contributed by atoms with van der Waals surface area (Å²) in [7, 11) is 0. The van der Waals surface area contributed by atoms with E-state index in [4.69, 9.17) is 10.5 Å². The van der Waals surface area contributed by atoms with E-state index in [1.807, 2.05) is 30.5 Å². The van der Waals surface area contributed by atoms with Gasteiger partial charge in [0.15, 0.2) is 0 Å². The van der Waals surface area contributed by atoms with Crippen molar-refractivity contribution >= 4 is 28.9 Å². The molecular formula is C37H53N3O5. The number of H-pyrrole nitrogens is 1. The number of nitrogens with one attached hydrogen (secondary N) is 2. The van der Waals surface area contributed by atoms with Crippen molar-refractivity contribution in [2.75, 3.05) is 0 Å². The van der Waals surface area contributed by atoms with Gasteiger partial charge in [0.25, 0.3) is 0 Å². The Morgan fingerprint density at radius 3 is 2.58 bits per heavy atom. The van der Waals surface area contributed by atoms with E-state index < -0.39 is 18.1 Å². The maximum absolute atomic E-state index is 13.2. The predicted molar refractivity (Wildman–Crippen MR) is 174 cm³/mol. The van der Waals surface area contributed by atoms with Crippen molar-refractivity contribution in [1.82, 2.24) is 10.3 Å². The third kappa shape index (κ3) is 6.23. The minimum Gasteiger partial charge on any atom is -0.481 e. The minimum absolute atomic E-state index is 0.0205. The summed E-state index contributed by atoms with van der Waals surface area (Å²) in [5, 5.41) is 13.7. The molecule has 0 aliphatic heterocycles. The highest BCUT2D eigenvalue weighted by atomic mass is 16.6. The van der Waals surface area contributed by atoms with Crippen LogP contribution in [0.2, 0.25) is 0 Å². The number of ether oxygens (including phenoxy) is 1. The van der Waals surface area contributed by atoms with Crippen molar-refractivity contribution < 1.29 is 24.2 Å². The standard InChI is InChI=1S/C37H53N3O5/c1-22(8-13-33(41)40-25(20-34(42)43)18-23-21-39-32-7-5-4-6-27(23)32)29-11-12-30-28-10-9-24-19-26(45-35(38)44)14-16-36(24,2)31(28)15-17-37(29,30)3/h4-7,21-22,24-26,28-31,39H,8-20H2,1-3H3,(H2,38,44)(H,40,41)(H,42,43)/t22-,24-,25+,26-,28+,29-,30+,31+,36+,37-/m1/s1. The quantitative estimate of drug-likeness (QED) is 0.223. The molecule has 0 saturated heterocycles. The number of fused-ring (bicyclic) bond motifs is 6. The fourth-order valence-electron chi connectivity index (χ4n) is 11.3. The highest BCUT2D eigenvalue weighted by Crippen LogP contribution is 2.68. The van der Waals surface area contributed by atoms with Gasteiger partial charge in [-0.25, -0.2) is 4.79 Å². The number of primary amides is 1. The Labute approximate surface area is 267 Å². The molecule has 2 amide bonds. The molecule has 2 aromatic rings. The van der Waals surface area contributed by atoms with E-state index in [1.165, 1.54) is 38.5 Å². The normalized spacial score (nSPS) is 35.4. The topological polar surface area (TPSA) is 135 Å². The summed E-state index contributed by atoms with van der Waals surface area (Å²) in [6.07, 6.45) is 13.5. The predicted octanol–water partition coefficient (Wildman–Crippen LogP) is 7.21. The van der Waals surface area contributed by atoms with Gasteiger partial charge in [0.05, 0.1) is 6.42 Å². The Morgan fingerprint density at radius 2 is 1.80 bits per heavy atom. The number of benzene rings is 1. The van der Waals surface area contributed by atoms with Gasteiger partial charge in [-0.2, -0.15) is 0 Å². The molecule has 4 saturated carbocycles. The largest absolute Gasteiger partial charge is 0.481 e. The van der Waals surface area contributed by atoms with Crippen LogP contribution in [-0.2, 0) is 20.7 Å². The molecule has 8 nitrogen and oxygen atoms in total. The number of carboxylic acids is 1. The molecule has 0 radical (unpaired) electrons. The number of carbonyl (C=O) groups excluding carboxylic acids is 2. The zero-order chi connectivity index (χ0) is 31.9. The molecule has 0 bridgehead atoms. The van der Waals surface area contributed by atoms with Crippen LogP contribution in [0, 0.1) is 46.3 Å². The smallest absolute Gasteiger partial charge is 0.404 e. The molecule has 4 aliphatic rings. The van der Waals surface area contributed by atoms with E-state index in [0.717, 1.165) is 59.9 Å². The van der Waals surface area contributed by atoms with E-state index >= 15 is 0 Å². The lowest BCUT2D eigenvalue weighted by Gasteiger charge is -2.61. The van der Waals surface area contributed by atoms with Gasteiger partial charge in [0.1, 0.15) is 6.10 Å². The summed E-state index contributed by atoms with van der Waals surface area (Å²) in [5.74, 6) is 2.97. The lowest BCUT2D eigenvalue weighted by molar-refractivity contribution is -0.137. The number of nitrogens with two attached hydrogens (primary N) is 1. The third-order valence-corrected chi connectivity index (χ3v) is 13.4. The molecule has 246 valence electrons. The Hall–Kier alpha value is -3.03. The lowest BCUT2D eigenvalue weighted by Crippen LogP contribution is -2.54.